The van der Waals surface area contributed by atoms with E-state index in [-0.39, 0.29) is 26.0 Å². The van der Waals surface area contributed by atoms with Crippen LogP contribution in [0, 0.1) is 11.3 Å². The monoisotopic (exact) mass is 424 g/mol. The first-order chi connectivity index (χ1) is 14.9. The van der Waals surface area contributed by atoms with Crippen molar-refractivity contribution >= 4 is 17.9 Å². The molecule has 0 saturated heterocycles. The summed E-state index contributed by atoms with van der Waals surface area (Å²) in [6.45, 7) is -0.132. The highest BCUT2D eigenvalue weighted by molar-refractivity contribution is 5.87. The highest BCUT2D eigenvalue weighted by atomic mass is 16.5. The lowest BCUT2D eigenvalue weighted by atomic mass is 10.0. The number of hydrogen-bond donors (Lipinski definition) is 4. The highest BCUT2D eigenvalue weighted by Crippen LogP contribution is 2.10. The maximum atomic E-state index is 12.2. The average Bonchev–Trinajstić information content (AvgIpc) is 2.76. The van der Waals surface area contributed by atoms with E-state index in [1.165, 1.54) is 0 Å². The zero-order valence-electron chi connectivity index (χ0n) is 16.8. The summed E-state index contributed by atoms with van der Waals surface area (Å²) >= 11 is 0. The number of rotatable bonds is 10. The molecule has 2 aromatic carbocycles. The van der Waals surface area contributed by atoms with Gasteiger partial charge in [-0.15, -0.1) is 0 Å². The third-order valence-electron chi connectivity index (χ3n) is 4.36. The predicted octanol–water partition coefficient (Wildman–Crippen LogP) is 0.748. The van der Waals surface area contributed by atoms with Gasteiger partial charge in [-0.05, 0) is 17.2 Å². The minimum atomic E-state index is -1.19. The first-order valence-corrected chi connectivity index (χ1v) is 9.58. The number of hydrogen-bond acceptors (Lipinski definition) is 6. The molecule has 2 aromatic rings. The number of carbonyl (C=O) groups excluding carboxylic acids is 3. The van der Waals surface area contributed by atoms with Crippen LogP contribution < -0.4 is 16.4 Å². The van der Waals surface area contributed by atoms with Crippen molar-refractivity contribution in [3.05, 3.63) is 71.3 Å². The molecule has 5 N–H and O–H groups in total. The molecule has 2 atom stereocenters. The first kappa shape index (κ1) is 23.4. The molecule has 0 aromatic heterocycles. The molecule has 0 aliphatic rings. The summed E-state index contributed by atoms with van der Waals surface area (Å²) in [6.07, 6.45) is -2.23. The molecular weight excluding hydrogens is 400 g/mol. The number of primary amides is 1. The summed E-state index contributed by atoms with van der Waals surface area (Å²) < 4.78 is 5.02. The van der Waals surface area contributed by atoms with Gasteiger partial charge in [-0.2, -0.15) is 5.26 Å². The summed E-state index contributed by atoms with van der Waals surface area (Å²) in [4.78, 5) is 35.6. The highest BCUT2D eigenvalue weighted by Gasteiger charge is 2.21. The molecule has 9 nitrogen and oxygen atoms in total. The van der Waals surface area contributed by atoms with Gasteiger partial charge in [0.1, 0.15) is 12.6 Å². The Balaban J connectivity index is 1.78. The number of benzene rings is 2. The standard InChI is InChI=1S/C22H24N4O5/c23-12-17-9-5-4-8-16(17)10-19(21(24)29)26-20(28)11-18(27)13-25-22(30)31-14-15-6-2-1-3-7-15/h1-9,18-19,27H,10-11,13-14H2,(H2,24,29)(H,25,30)(H,26,28)/t18-,19+/m1/s1. The molecule has 9 heteroatoms. The normalized spacial score (nSPS) is 12.1. The molecule has 0 saturated carbocycles. The molecule has 0 unspecified atom stereocenters. The van der Waals surface area contributed by atoms with E-state index in [1.54, 1.807) is 36.4 Å². The van der Waals surface area contributed by atoms with Gasteiger partial charge >= 0.3 is 6.09 Å². The van der Waals surface area contributed by atoms with E-state index in [4.69, 9.17) is 15.7 Å². The summed E-state index contributed by atoms with van der Waals surface area (Å²) in [5, 5.41) is 24.0. The predicted molar refractivity (Wildman–Crippen MR) is 111 cm³/mol. The molecule has 0 fully saturated rings. The van der Waals surface area contributed by atoms with Crippen molar-refractivity contribution in [2.75, 3.05) is 6.54 Å². The molecular formula is C22H24N4O5. The zero-order valence-corrected chi connectivity index (χ0v) is 16.8. The molecule has 0 heterocycles. The second-order valence-electron chi connectivity index (χ2n) is 6.80. The van der Waals surface area contributed by atoms with E-state index in [0.717, 1.165) is 5.56 Å². The Morgan fingerprint density at radius 2 is 1.77 bits per heavy atom. The van der Waals surface area contributed by atoms with Crippen molar-refractivity contribution in [1.82, 2.24) is 10.6 Å². The van der Waals surface area contributed by atoms with Gasteiger partial charge in [-0.25, -0.2) is 4.79 Å². The number of alkyl carbamates (subject to hydrolysis) is 1. The van der Waals surface area contributed by atoms with Gasteiger partial charge in [0.15, 0.2) is 0 Å². The minimum absolute atomic E-state index is 0.0466. The van der Waals surface area contributed by atoms with Crippen LogP contribution in [0.25, 0.3) is 0 Å². The topological polar surface area (TPSA) is 155 Å². The summed E-state index contributed by atoms with van der Waals surface area (Å²) in [6, 6.07) is 16.7. The molecule has 0 aliphatic carbocycles. The van der Waals surface area contributed by atoms with Gasteiger partial charge in [0.2, 0.25) is 11.8 Å². The smallest absolute Gasteiger partial charge is 0.407 e. The van der Waals surface area contributed by atoms with Gasteiger partial charge in [-0.3, -0.25) is 9.59 Å². The number of nitriles is 1. The van der Waals surface area contributed by atoms with Crippen molar-refractivity contribution in [1.29, 1.82) is 5.26 Å². The number of nitrogens with two attached hydrogens (primary N) is 1. The Labute approximate surface area is 179 Å². The van der Waals surface area contributed by atoms with Crippen LogP contribution in [-0.4, -0.2) is 41.7 Å². The van der Waals surface area contributed by atoms with Crippen molar-refractivity contribution in [3.63, 3.8) is 0 Å². The number of nitrogens with zero attached hydrogens (tertiary/aromatic N) is 1. The van der Waals surface area contributed by atoms with Crippen LogP contribution in [0.2, 0.25) is 0 Å². The Kier molecular flexibility index (Phi) is 9.01. The maximum absolute atomic E-state index is 12.2. The molecule has 2 rings (SSSR count). The summed E-state index contributed by atoms with van der Waals surface area (Å²) in [5.41, 5.74) is 7.12. The van der Waals surface area contributed by atoms with E-state index in [2.05, 4.69) is 10.6 Å². The average molecular weight is 424 g/mol. The first-order valence-electron chi connectivity index (χ1n) is 9.58. The molecule has 0 aliphatic heterocycles. The van der Waals surface area contributed by atoms with Gasteiger partial charge < -0.3 is 26.2 Å². The van der Waals surface area contributed by atoms with Crippen LogP contribution in [-0.2, 0) is 27.4 Å². The zero-order chi connectivity index (χ0) is 22.6. The molecule has 31 heavy (non-hydrogen) atoms. The van der Waals surface area contributed by atoms with Crippen LogP contribution in [0.5, 0.6) is 0 Å². The van der Waals surface area contributed by atoms with Crippen LogP contribution in [0.3, 0.4) is 0 Å². The van der Waals surface area contributed by atoms with Crippen molar-refractivity contribution in [2.45, 2.75) is 31.6 Å². The summed E-state index contributed by atoms with van der Waals surface area (Å²) in [7, 11) is 0. The lowest BCUT2D eigenvalue weighted by molar-refractivity contribution is -0.128. The van der Waals surface area contributed by atoms with Gasteiger partial charge in [0.05, 0.1) is 24.2 Å². The molecule has 162 valence electrons. The molecule has 3 amide bonds. The third-order valence-corrected chi connectivity index (χ3v) is 4.36. The summed E-state index contributed by atoms with van der Waals surface area (Å²) in [5.74, 6) is -1.39. The van der Waals surface area contributed by atoms with E-state index in [9.17, 15) is 19.5 Å². The van der Waals surface area contributed by atoms with E-state index in [0.29, 0.717) is 11.1 Å². The fourth-order valence-corrected chi connectivity index (χ4v) is 2.76. The van der Waals surface area contributed by atoms with Gasteiger partial charge in [0, 0.05) is 13.0 Å². The van der Waals surface area contributed by atoms with Gasteiger partial charge in [-0.1, -0.05) is 48.5 Å². The van der Waals surface area contributed by atoms with Gasteiger partial charge in [0.25, 0.3) is 0 Å². The van der Waals surface area contributed by atoms with Crippen LogP contribution in [0.15, 0.2) is 54.6 Å². The van der Waals surface area contributed by atoms with Crippen LogP contribution >= 0.6 is 0 Å². The Hall–Kier alpha value is -3.90. The number of amides is 3. The Morgan fingerprint density at radius 3 is 2.45 bits per heavy atom. The van der Waals surface area contributed by atoms with Crippen molar-refractivity contribution < 1.29 is 24.2 Å². The van der Waals surface area contributed by atoms with E-state index >= 15 is 0 Å². The van der Waals surface area contributed by atoms with Crippen molar-refractivity contribution in [3.8, 4) is 6.07 Å². The Morgan fingerprint density at radius 1 is 1.10 bits per heavy atom. The van der Waals surface area contributed by atoms with E-state index in [1.807, 2.05) is 24.3 Å². The van der Waals surface area contributed by atoms with Crippen molar-refractivity contribution in [2.24, 2.45) is 5.73 Å². The van der Waals surface area contributed by atoms with Crippen LogP contribution in [0.4, 0.5) is 4.79 Å². The number of carbonyl (C=O) groups is 3. The number of ether oxygens (including phenoxy) is 1. The number of aliphatic hydroxyl groups is 1. The molecule has 0 spiro atoms. The second-order valence-corrected chi connectivity index (χ2v) is 6.80. The lowest BCUT2D eigenvalue weighted by Gasteiger charge is -2.18. The van der Waals surface area contributed by atoms with Crippen LogP contribution in [0.1, 0.15) is 23.1 Å². The molecule has 0 radical (unpaired) electrons. The SMILES string of the molecule is N#Cc1ccccc1C[C@H](NC(=O)C[C@@H](O)CNC(=O)OCc1ccccc1)C(N)=O. The molecule has 0 bridgehead atoms. The Bertz CT molecular complexity index is 942. The van der Waals surface area contributed by atoms with E-state index < -0.39 is 30.1 Å². The maximum Gasteiger partial charge on any atom is 0.407 e. The fourth-order valence-electron chi connectivity index (χ4n) is 2.76. The minimum Gasteiger partial charge on any atom is -0.445 e. The number of nitrogens with one attached hydrogen (secondary N) is 2. The second kappa shape index (κ2) is 11.9. The lowest BCUT2D eigenvalue weighted by Crippen LogP contribution is -2.47. The number of aliphatic hydroxyl groups excluding tert-OH is 1. The quantitative estimate of drug-likeness (QED) is 0.441. The fraction of sp³-hybridized carbons (Fsp3) is 0.273. The largest absolute Gasteiger partial charge is 0.445 e. The third kappa shape index (κ3) is 8.16.